The van der Waals surface area contributed by atoms with E-state index in [4.69, 9.17) is 11.6 Å². The van der Waals surface area contributed by atoms with E-state index in [0.29, 0.717) is 34.9 Å². The molecule has 5 rings (SSSR count). The Balaban J connectivity index is 1.88. The highest BCUT2D eigenvalue weighted by Gasteiger charge is 2.55. The molecule has 0 radical (unpaired) electrons. The Hall–Kier alpha value is -2.60. The quantitative estimate of drug-likeness (QED) is 0.776. The number of carbonyl (C=O) groups excluding carboxylic acids is 1. The summed E-state index contributed by atoms with van der Waals surface area (Å²) in [5, 5.41) is 10.3. The molecule has 28 heavy (non-hydrogen) atoms. The van der Waals surface area contributed by atoms with Crippen LogP contribution in [0.3, 0.4) is 0 Å². The van der Waals surface area contributed by atoms with Crippen molar-refractivity contribution in [3.8, 4) is 5.69 Å². The van der Waals surface area contributed by atoms with Crippen LogP contribution in [-0.4, -0.2) is 38.0 Å². The van der Waals surface area contributed by atoms with E-state index >= 15 is 0 Å². The number of imidazole rings is 1. The standard InChI is InChI=1S/C21H20ClN3O3/c22-14-8-4-9-15-16(14)19(26)25-11-5-10-21(25,13-6-2-1-3-7-13)18-17(20(27)28)23-12-24(15)18/h2,4,6,8-9,12-13H,1,3,5,7,10-11H2,(H,27,28)/t13-,21-/m1/s1. The maximum absolute atomic E-state index is 13.7. The van der Waals surface area contributed by atoms with Crippen molar-refractivity contribution in [3.05, 3.63) is 58.7 Å². The van der Waals surface area contributed by atoms with Crippen LogP contribution >= 0.6 is 11.6 Å². The summed E-state index contributed by atoms with van der Waals surface area (Å²) in [5.74, 6) is -1.15. The molecule has 0 unspecified atom stereocenters. The van der Waals surface area contributed by atoms with Crippen molar-refractivity contribution in [2.75, 3.05) is 6.54 Å². The highest BCUT2D eigenvalue weighted by Crippen LogP contribution is 2.52. The smallest absolute Gasteiger partial charge is 0.356 e. The Labute approximate surface area is 167 Å². The molecule has 6 nitrogen and oxygen atoms in total. The van der Waals surface area contributed by atoms with Crippen molar-refractivity contribution in [1.82, 2.24) is 14.5 Å². The Morgan fingerprint density at radius 1 is 1.32 bits per heavy atom. The van der Waals surface area contributed by atoms with Gasteiger partial charge in [-0.05, 0) is 44.2 Å². The van der Waals surface area contributed by atoms with Crippen molar-refractivity contribution >= 4 is 23.5 Å². The van der Waals surface area contributed by atoms with Gasteiger partial charge >= 0.3 is 5.97 Å². The molecule has 1 saturated heterocycles. The Morgan fingerprint density at radius 3 is 2.93 bits per heavy atom. The third kappa shape index (κ3) is 2.18. The largest absolute Gasteiger partial charge is 0.476 e. The van der Waals surface area contributed by atoms with Gasteiger partial charge in [-0.15, -0.1) is 0 Å². The number of carboxylic acid groups (broad SMARTS) is 1. The average Bonchev–Trinajstić information content (AvgIpc) is 3.31. The van der Waals surface area contributed by atoms with Crippen molar-refractivity contribution in [3.63, 3.8) is 0 Å². The van der Waals surface area contributed by atoms with Gasteiger partial charge in [0, 0.05) is 12.5 Å². The van der Waals surface area contributed by atoms with Gasteiger partial charge in [0.15, 0.2) is 5.69 Å². The van der Waals surface area contributed by atoms with Crippen molar-refractivity contribution in [2.45, 2.75) is 37.6 Å². The number of amides is 1. The number of hydrogen-bond donors (Lipinski definition) is 1. The first-order valence-electron chi connectivity index (χ1n) is 9.64. The number of fused-ring (bicyclic) bond motifs is 5. The van der Waals surface area contributed by atoms with E-state index in [0.717, 1.165) is 25.7 Å². The van der Waals surface area contributed by atoms with Gasteiger partial charge in [0.2, 0.25) is 0 Å². The van der Waals surface area contributed by atoms with E-state index in [1.165, 1.54) is 6.33 Å². The zero-order valence-corrected chi connectivity index (χ0v) is 16.0. The Bertz CT molecular complexity index is 1030. The van der Waals surface area contributed by atoms with E-state index in [-0.39, 0.29) is 17.5 Å². The van der Waals surface area contributed by atoms with Crippen molar-refractivity contribution in [2.24, 2.45) is 5.92 Å². The second-order valence-electron chi connectivity index (χ2n) is 7.70. The fourth-order valence-corrected chi connectivity index (χ4v) is 5.55. The van der Waals surface area contributed by atoms with Crippen LogP contribution in [-0.2, 0) is 5.54 Å². The average molecular weight is 398 g/mol. The van der Waals surface area contributed by atoms with E-state index in [1.807, 2.05) is 11.0 Å². The number of benzene rings is 1. The minimum Gasteiger partial charge on any atom is -0.476 e. The lowest BCUT2D eigenvalue weighted by molar-refractivity contribution is 0.0440. The molecule has 1 fully saturated rings. The van der Waals surface area contributed by atoms with E-state index < -0.39 is 11.5 Å². The molecule has 2 aliphatic heterocycles. The minimum absolute atomic E-state index is 0.0199. The summed E-state index contributed by atoms with van der Waals surface area (Å²) in [7, 11) is 0. The maximum atomic E-state index is 13.7. The number of halogens is 1. The van der Waals surface area contributed by atoms with Gasteiger partial charge in [-0.25, -0.2) is 9.78 Å². The molecule has 1 aromatic heterocycles. The first-order chi connectivity index (χ1) is 13.6. The fraction of sp³-hybridized carbons (Fsp3) is 0.381. The predicted octanol–water partition coefficient (Wildman–Crippen LogP) is 4.03. The van der Waals surface area contributed by atoms with Gasteiger partial charge in [-0.3, -0.25) is 9.36 Å². The second-order valence-corrected chi connectivity index (χ2v) is 8.11. The SMILES string of the molecule is O=C(O)c1ncn2c1[C@]1([C@@H]3C=CCCC3)CCCN1C(=O)c1c(Cl)cccc1-2. The van der Waals surface area contributed by atoms with Crippen molar-refractivity contribution < 1.29 is 14.7 Å². The fourth-order valence-electron chi connectivity index (χ4n) is 5.30. The predicted molar refractivity (Wildman–Crippen MR) is 104 cm³/mol. The number of aromatic nitrogens is 2. The number of carbonyl (C=O) groups is 2. The molecule has 3 heterocycles. The monoisotopic (exact) mass is 397 g/mol. The van der Waals surface area contributed by atoms with Gasteiger partial charge in [0.05, 0.1) is 27.5 Å². The lowest BCUT2D eigenvalue weighted by Gasteiger charge is -2.43. The molecule has 1 amide bonds. The number of carboxylic acids is 1. The summed E-state index contributed by atoms with van der Waals surface area (Å²) < 4.78 is 1.79. The summed E-state index contributed by atoms with van der Waals surface area (Å²) >= 11 is 6.46. The highest BCUT2D eigenvalue weighted by atomic mass is 35.5. The minimum atomic E-state index is -1.07. The molecular formula is C21H20ClN3O3. The molecule has 0 bridgehead atoms. The highest BCUT2D eigenvalue weighted by molar-refractivity contribution is 6.34. The van der Waals surface area contributed by atoms with Crippen LogP contribution in [0, 0.1) is 5.92 Å². The van der Waals surface area contributed by atoms with Gasteiger partial charge in [0.1, 0.15) is 6.33 Å². The molecule has 2 aromatic rings. The van der Waals surface area contributed by atoms with Gasteiger partial charge in [0.25, 0.3) is 5.91 Å². The third-order valence-corrected chi connectivity index (χ3v) is 6.69. The molecule has 1 aromatic carbocycles. The Morgan fingerprint density at radius 2 is 2.18 bits per heavy atom. The topological polar surface area (TPSA) is 75.4 Å². The maximum Gasteiger partial charge on any atom is 0.356 e. The van der Waals surface area contributed by atoms with Crippen LogP contribution in [0.25, 0.3) is 5.69 Å². The van der Waals surface area contributed by atoms with Crippen LogP contribution < -0.4 is 0 Å². The van der Waals surface area contributed by atoms with E-state index in [2.05, 4.69) is 17.1 Å². The normalized spacial score (nSPS) is 25.8. The summed E-state index contributed by atoms with van der Waals surface area (Å²) in [4.78, 5) is 31.9. The lowest BCUT2D eigenvalue weighted by atomic mass is 9.73. The third-order valence-electron chi connectivity index (χ3n) is 6.38. The van der Waals surface area contributed by atoms with E-state index in [9.17, 15) is 14.7 Å². The first-order valence-corrected chi connectivity index (χ1v) is 10.0. The van der Waals surface area contributed by atoms with Gasteiger partial charge in [-0.1, -0.05) is 29.8 Å². The van der Waals surface area contributed by atoms with Crippen LogP contribution in [0.1, 0.15) is 58.6 Å². The number of nitrogens with zero attached hydrogens (tertiary/aromatic N) is 3. The number of allylic oxidation sites excluding steroid dienone is 1. The molecule has 144 valence electrons. The summed E-state index contributed by atoms with van der Waals surface area (Å²) in [5.41, 5.74) is 0.917. The second kappa shape index (κ2) is 6.21. The summed E-state index contributed by atoms with van der Waals surface area (Å²) in [6.07, 6.45) is 10.3. The van der Waals surface area contributed by atoms with Crippen LogP contribution in [0.5, 0.6) is 0 Å². The van der Waals surface area contributed by atoms with E-state index in [1.54, 1.807) is 16.7 Å². The summed E-state index contributed by atoms with van der Waals surface area (Å²) in [6.45, 7) is 0.581. The van der Waals surface area contributed by atoms with Crippen LogP contribution in [0.4, 0.5) is 0 Å². The lowest BCUT2D eigenvalue weighted by Crippen LogP contribution is -2.50. The molecular weight excluding hydrogens is 378 g/mol. The zero-order valence-electron chi connectivity index (χ0n) is 15.3. The van der Waals surface area contributed by atoms with Gasteiger partial charge < -0.3 is 10.0 Å². The van der Waals surface area contributed by atoms with Gasteiger partial charge in [-0.2, -0.15) is 0 Å². The molecule has 0 saturated carbocycles. The molecule has 2 atom stereocenters. The zero-order chi connectivity index (χ0) is 19.5. The number of hydrogen-bond acceptors (Lipinski definition) is 3. The summed E-state index contributed by atoms with van der Waals surface area (Å²) in [6, 6.07) is 5.29. The number of aromatic carboxylic acids is 1. The molecule has 7 heteroatoms. The number of rotatable bonds is 2. The van der Waals surface area contributed by atoms with Crippen molar-refractivity contribution in [1.29, 1.82) is 0 Å². The molecule has 1 aliphatic carbocycles. The molecule has 0 spiro atoms. The Kier molecular flexibility index (Phi) is 3.88. The molecule has 1 N–H and O–H groups in total. The first kappa shape index (κ1) is 17.5. The van der Waals surface area contributed by atoms with Crippen LogP contribution in [0.2, 0.25) is 5.02 Å². The molecule has 3 aliphatic rings. The van der Waals surface area contributed by atoms with Crippen LogP contribution in [0.15, 0.2) is 36.7 Å².